The Hall–Kier alpha value is -1.12. The molecule has 0 aromatic carbocycles. The van der Waals surface area contributed by atoms with Crippen LogP contribution in [-0.4, -0.2) is 9.78 Å². The molecule has 0 unspecified atom stereocenters. The van der Waals surface area contributed by atoms with Crippen LogP contribution in [0.15, 0.2) is 23.1 Å². The summed E-state index contributed by atoms with van der Waals surface area (Å²) in [6.45, 7) is 3.11. The molecule has 1 aliphatic rings. The average Bonchev–Trinajstić information content (AvgIpc) is 2.28. The smallest absolute Gasteiger partial charge is 0.266 e. The molecule has 0 N–H and O–H groups in total. The lowest BCUT2D eigenvalue weighted by atomic mass is 9.81. The fourth-order valence-electron chi connectivity index (χ4n) is 2.68. The maximum atomic E-state index is 11.5. The summed E-state index contributed by atoms with van der Waals surface area (Å²) in [5, 5.41) is 4.09. The zero-order valence-electron chi connectivity index (χ0n) is 9.93. The van der Waals surface area contributed by atoms with Gasteiger partial charge in [0.05, 0.1) is 0 Å². The quantitative estimate of drug-likeness (QED) is 0.784. The second-order valence-corrected chi connectivity index (χ2v) is 5.01. The highest BCUT2D eigenvalue weighted by Crippen LogP contribution is 2.30. The van der Waals surface area contributed by atoms with Crippen molar-refractivity contribution in [3.8, 4) is 0 Å². The maximum Gasteiger partial charge on any atom is 0.266 e. The van der Waals surface area contributed by atoms with Crippen molar-refractivity contribution in [3.63, 3.8) is 0 Å². The van der Waals surface area contributed by atoms with Crippen LogP contribution < -0.4 is 5.56 Å². The molecule has 0 amide bonds. The van der Waals surface area contributed by atoms with Crippen LogP contribution >= 0.6 is 0 Å². The molecule has 0 radical (unpaired) electrons. The number of hydrogen-bond donors (Lipinski definition) is 0. The van der Waals surface area contributed by atoms with Gasteiger partial charge in [-0.25, -0.2) is 4.68 Å². The van der Waals surface area contributed by atoms with E-state index in [1.807, 2.05) is 0 Å². The lowest BCUT2D eigenvalue weighted by molar-refractivity contribution is 0.257. The van der Waals surface area contributed by atoms with E-state index in [1.165, 1.54) is 25.7 Å². The first-order valence-corrected chi connectivity index (χ1v) is 6.28. The summed E-state index contributed by atoms with van der Waals surface area (Å²) in [6.07, 6.45) is 8.16. The van der Waals surface area contributed by atoms with Crippen molar-refractivity contribution in [1.29, 1.82) is 0 Å². The minimum absolute atomic E-state index is 0.0198. The maximum absolute atomic E-state index is 11.5. The van der Waals surface area contributed by atoms with Gasteiger partial charge >= 0.3 is 0 Å². The van der Waals surface area contributed by atoms with E-state index in [9.17, 15) is 4.79 Å². The molecule has 2 atom stereocenters. The monoisotopic (exact) mass is 220 g/mol. The molecule has 0 aliphatic heterocycles. The first-order chi connectivity index (χ1) is 7.75. The second-order valence-electron chi connectivity index (χ2n) is 5.01. The first-order valence-electron chi connectivity index (χ1n) is 6.28. The van der Waals surface area contributed by atoms with Crippen molar-refractivity contribution in [2.75, 3.05) is 0 Å². The van der Waals surface area contributed by atoms with Gasteiger partial charge in [0.1, 0.15) is 0 Å². The van der Waals surface area contributed by atoms with E-state index in [-0.39, 0.29) is 5.56 Å². The fourth-order valence-corrected chi connectivity index (χ4v) is 2.68. The normalized spacial score (nSPS) is 25.6. The molecule has 16 heavy (non-hydrogen) atoms. The molecule has 1 saturated carbocycles. The van der Waals surface area contributed by atoms with E-state index in [4.69, 9.17) is 0 Å². The zero-order valence-corrected chi connectivity index (χ0v) is 9.93. The van der Waals surface area contributed by atoms with Gasteiger partial charge in [0.25, 0.3) is 5.56 Å². The summed E-state index contributed by atoms with van der Waals surface area (Å²) in [4.78, 5) is 11.5. The summed E-state index contributed by atoms with van der Waals surface area (Å²) in [7, 11) is 0. The summed E-state index contributed by atoms with van der Waals surface area (Å²) in [6, 6.07) is 3.28. The van der Waals surface area contributed by atoms with Gasteiger partial charge in [-0.3, -0.25) is 4.79 Å². The van der Waals surface area contributed by atoms with Gasteiger partial charge in [-0.1, -0.05) is 26.2 Å². The average molecular weight is 220 g/mol. The summed E-state index contributed by atoms with van der Waals surface area (Å²) >= 11 is 0. The third kappa shape index (κ3) is 2.94. The standard InChI is InChI=1S/C13H20N2O/c1-11-4-2-5-12(10-11)7-9-15-13(16)6-3-8-14-15/h3,6,8,11-12H,2,4-5,7,9-10H2,1H3/t11-,12+/m1/s1. The summed E-state index contributed by atoms with van der Waals surface area (Å²) < 4.78 is 1.58. The largest absolute Gasteiger partial charge is 0.268 e. The molecule has 1 fully saturated rings. The third-order valence-corrected chi connectivity index (χ3v) is 3.58. The topological polar surface area (TPSA) is 34.9 Å². The Kier molecular flexibility index (Phi) is 3.75. The highest BCUT2D eigenvalue weighted by atomic mass is 16.1. The van der Waals surface area contributed by atoms with Crippen LogP contribution in [0.25, 0.3) is 0 Å². The van der Waals surface area contributed by atoms with Crippen molar-refractivity contribution in [1.82, 2.24) is 9.78 Å². The summed E-state index contributed by atoms with van der Waals surface area (Å²) in [5.74, 6) is 1.65. The molecule has 3 heteroatoms. The van der Waals surface area contributed by atoms with Crippen LogP contribution in [0.2, 0.25) is 0 Å². The predicted molar refractivity (Wildman–Crippen MR) is 64.2 cm³/mol. The van der Waals surface area contributed by atoms with Gasteiger partial charge < -0.3 is 0 Å². The molecule has 1 aromatic heterocycles. The molecule has 1 heterocycles. The highest BCUT2D eigenvalue weighted by molar-refractivity contribution is 4.84. The van der Waals surface area contributed by atoms with E-state index in [1.54, 1.807) is 23.0 Å². The van der Waals surface area contributed by atoms with E-state index >= 15 is 0 Å². The minimum Gasteiger partial charge on any atom is -0.268 e. The van der Waals surface area contributed by atoms with Gasteiger partial charge in [0, 0.05) is 18.8 Å². The van der Waals surface area contributed by atoms with Crippen LogP contribution in [0.5, 0.6) is 0 Å². The Balaban J connectivity index is 1.87. The third-order valence-electron chi connectivity index (χ3n) is 3.58. The Morgan fingerprint density at radius 3 is 3.12 bits per heavy atom. The number of nitrogens with zero attached hydrogens (tertiary/aromatic N) is 2. The van der Waals surface area contributed by atoms with E-state index in [0.717, 1.165) is 24.8 Å². The van der Waals surface area contributed by atoms with E-state index in [0.29, 0.717) is 0 Å². The molecule has 0 spiro atoms. The van der Waals surface area contributed by atoms with Crippen LogP contribution in [0.3, 0.4) is 0 Å². The number of rotatable bonds is 3. The van der Waals surface area contributed by atoms with Gasteiger partial charge in [-0.05, 0) is 30.7 Å². The SMILES string of the molecule is C[C@@H]1CCC[C@@H](CCn2ncccc2=O)C1. The Morgan fingerprint density at radius 2 is 2.38 bits per heavy atom. The lowest BCUT2D eigenvalue weighted by Crippen LogP contribution is -2.23. The summed E-state index contributed by atoms with van der Waals surface area (Å²) in [5.41, 5.74) is 0.0198. The van der Waals surface area contributed by atoms with E-state index < -0.39 is 0 Å². The predicted octanol–water partition coefficient (Wildman–Crippen LogP) is 2.46. The van der Waals surface area contributed by atoms with Crippen LogP contribution in [-0.2, 0) is 6.54 Å². The molecular weight excluding hydrogens is 200 g/mol. The van der Waals surface area contributed by atoms with Crippen LogP contribution in [0, 0.1) is 11.8 Å². The van der Waals surface area contributed by atoms with Gasteiger partial charge in [0.2, 0.25) is 0 Å². The van der Waals surface area contributed by atoms with Crippen molar-refractivity contribution >= 4 is 0 Å². The molecule has 2 rings (SSSR count). The molecular formula is C13H20N2O. The number of hydrogen-bond acceptors (Lipinski definition) is 2. The van der Waals surface area contributed by atoms with Crippen molar-refractivity contribution in [2.45, 2.75) is 45.6 Å². The van der Waals surface area contributed by atoms with Crippen molar-refractivity contribution in [2.24, 2.45) is 11.8 Å². The highest BCUT2D eigenvalue weighted by Gasteiger charge is 2.18. The van der Waals surface area contributed by atoms with Crippen molar-refractivity contribution < 1.29 is 0 Å². The van der Waals surface area contributed by atoms with Gasteiger partial charge in [-0.15, -0.1) is 0 Å². The molecule has 3 nitrogen and oxygen atoms in total. The lowest BCUT2D eigenvalue weighted by Gasteiger charge is -2.26. The molecule has 88 valence electrons. The minimum atomic E-state index is 0.0198. The van der Waals surface area contributed by atoms with Gasteiger partial charge in [0.15, 0.2) is 0 Å². The Labute approximate surface area is 96.5 Å². The van der Waals surface area contributed by atoms with Crippen molar-refractivity contribution in [3.05, 3.63) is 28.7 Å². The zero-order chi connectivity index (χ0) is 11.4. The first kappa shape index (κ1) is 11.4. The fraction of sp³-hybridized carbons (Fsp3) is 0.692. The number of aromatic nitrogens is 2. The molecule has 1 aliphatic carbocycles. The van der Waals surface area contributed by atoms with Gasteiger partial charge in [-0.2, -0.15) is 5.10 Å². The molecule has 1 aromatic rings. The second kappa shape index (κ2) is 5.28. The van der Waals surface area contributed by atoms with E-state index in [2.05, 4.69) is 12.0 Å². The molecule has 0 saturated heterocycles. The van der Waals surface area contributed by atoms with Crippen LogP contribution in [0.1, 0.15) is 39.0 Å². The number of aryl methyl sites for hydroxylation is 1. The van der Waals surface area contributed by atoms with Crippen LogP contribution in [0.4, 0.5) is 0 Å². The Bertz CT molecular complexity index is 386. The molecule has 0 bridgehead atoms. The Morgan fingerprint density at radius 1 is 1.50 bits per heavy atom.